The van der Waals surface area contributed by atoms with Crippen molar-refractivity contribution in [2.24, 2.45) is 0 Å². The van der Waals surface area contributed by atoms with Crippen molar-refractivity contribution in [2.45, 2.75) is 44.3 Å². The van der Waals surface area contributed by atoms with Gasteiger partial charge in [-0.1, -0.05) is 13.0 Å². The molecule has 102 valence electrons. The Morgan fingerprint density at radius 2 is 2.00 bits per heavy atom. The van der Waals surface area contributed by atoms with Crippen molar-refractivity contribution in [3.8, 4) is 11.5 Å². The fourth-order valence-corrected chi connectivity index (χ4v) is 2.53. The molecule has 1 unspecified atom stereocenters. The van der Waals surface area contributed by atoms with Crippen LogP contribution in [0.1, 0.15) is 38.7 Å². The number of fused-ring (bicyclic) bond motifs is 1. The van der Waals surface area contributed by atoms with E-state index in [1.54, 1.807) is 0 Å². The van der Waals surface area contributed by atoms with Gasteiger partial charge in [-0.3, -0.25) is 4.79 Å². The van der Waals surface area contributed by atoms with Crippen molar-refractivity contribution in [1.82, 2.24) is 0 Å². The molecule has 0 saturated heterocycles. The average Bonchev–Trinajstić information content (AvgIpc) is 3.15. The van der Waals surface area contributed by atoms with Gasteiger partial charge in [0.2, 0.25) is 5.79 Å². The molecule has 0 spiro atoms. The van der Waals surface area contributed by atoms with Crippen molar-refractivity contribution in [3.05, 3.63) is 23.8 Å². The molecule has 4 heteroatoms. The predicted molar refractivity (Wildman–Crippen MR) is 69.3 cm³/mol. The van der Waals surface area contributed by atoms with Gasteiger partial charge in [-0.15, -0.1) is 0 Å². The van der Waals surface area contributed by atoms with E-state index in [1.165, 1.54) is 7.11 Å². The van der Waals surface area contributed by atoms with Crippen LogP contribution in [-0.2, 0) is 14.9 Å². The van der Waals surface area contributed by atoms with Gasteiger partial charge in [0.25, 0.3) is 0 Å². The minimum atomic E-state index is -0.594. The van der Waals surface area contributed by atoms with Crippen LogP contribution in [0.4, 0.5) is 0 Å². The summed E-state index contributed by atoms with van der Waals surface area (Å²) in [5.41, 5.74) is 0.500. The third-order valence-corrected chi connectivity index (χ3v) is 4.12. The van der Waals surface area contributed by atoms with Crippen LogP contribution in [-0.4, -0.2) is 18.9 Å². The lowest BCUT2D eigenvalue weighted by Crippen LogP contribution is -2.33. The second-order valence-corrected chi connectivity index (χ2v) is 5.43. The van der Waals surface area contributed by atoms with Gasteiger partial charge in [0.15, 0.2) is 11.5 Å². The summed E-state index contributed by atoms with van der Waals surface area (Å²) in [6.45, 7) is 3.93. The first-order valence-electron chi connectivity index (χ1n) is 6.64. The standard InChI is InChI=1S/C15H18O4/c1-4-14(2)18-11-6-5-10(9-12(11)19-14)15(7-8-15)13(16)17-3/h5-6,9H,4,7-8H2,1-3H3. The highest BCUT2D eigenvalue weighted by Gasteiger charge is 2.53. The second-order valence-electron chi connectivity index (χ2n) is 5.43. The lowest BCUT2D eigenvalue weighted by molar-refractivity contribution is -0.143. The van der Waals surface area contributed by atoms with Crippen molar-refractivity contribution in [1.29, 1.82) is 0 Å². The molecule has 1 aliphatic heterocycles. The number of hydrogen-bond donors (Lipinski definition) is 0. The van der Waals surface area contributed by atoms with Crippen LogP contribution >= 0.6 is 0 Å². The van der Waals surface area contributed by atoms with Crippen LogP contribution in [0.5, 0.6) is 11.5 Å². The lowest BCUT2D eigenvalue weighted by atomic mass is 9.96. The molecule has 2 aliphatic rings. The average molecular weight is 262 g/mol. The van der Waals surface area contributed by atoms with E-state index in [4.69, 9.17) is 14.2 Å². The highest BCUT2D eigenvalue weighted by Crippen LogP contribution is 2.52. The summed E-state index contributed by atoms with van der Waals surface area (Å²) >= 11 is 0. The van der Waals surface area contributed by atoms with Gasteiger partial charge < -0.3 is 14.2 Å². The summed E-state index contributed by atoms with van der Waals surface area (Å²) in [4.78, 5) is 11.9. The van der Waals surface area contributed by atoms with Gasteiger partial charge in [0, 0.05) is 13.3 Å². The first-order chi connectivity index (χ1) is 9.03. The molecule has 1 atom stereocenters. The second kappa shape index (κ2) is 3.89. The Hall–Kier alpha value is -1.71. The molecule has 19 heavy (non-hydrogen) atoms. The molecule has 1 saturated carbocycles. The largest absolute Gasteiger partial charge is 0.468 e. The molecule has 0 amide bonds. The molecule has 3 rings (SSSR count). The smallest absolute Gasteiger partial charge is 0.316 e. The normalized spacial score (nSPS) is 26.1. The molecule has 1 aliphatic carbocycles. The van der Waals surface area contributed by atoms with E-state index in [0.29, 0.717) is 0 Å². The van der Waals surface area contributed by atoms with E-state index in [-0.39, 0.29) is 5.97 Å². The van der Waals surface area contributed by atoms with E-state index >= 15 is 0 Å². The number of esters is 1. The molecule has 0 aromatic heterocycles. The minimum Gasteiger partial charge on any atom is -0.468 e. The van der Waals surface area contributed by atoms with Crippen LogP contribution < -0.4 is 9.47 Å². The minimum absolute atomic E-state index is 0.162. The Morgan fingerprint density at radius 3 is 2.58 bits per heavy atom. The Labute approximate surface area is 112 Å². The topological polar surface area (TPSA) is 44.8 Å². The van der Waals surface area contributed by atoms with Gasteiger partial charge >= 0.3 is 5.97 Å². The number of rotatable bonds is 3. The maximum atomic E-state index is 11.9. The fourth-order valence-electron chi connectivity index (χ4n) is 2.53. The fraction of sp³-hybridized carbons (Fsp3) is 0.533. The third-order valence-electron chi connectivity index (χ3n) is 4.12. The summed E-state index contributed by atoms with van der Waals surface area (Å²) in [5, 5.41) is 0. The molecule has 1 fully saturated rings. The molecule has 4 nitrogen and oxygen atoms in total. The third kappa shape index (κ3) is 1.78. The molecule has 0 radical (unpaired) electrons. The zero-order valence-electron chi connectivity index (χ0n) is 11.5. The zero-order valence-corrected chi connectivity index (χ0v) is 11.5. The maximum absolute atomic E-state index is 11.9. The molecule has 0 N–H and O–H groups in total. The first kappa shape index (κ1) is 12.3. The number of carbonyl (C=O) groups excluding carboxylic acids is 1. The number of methoxy groups -OCH3 is 1. The van der Waals surface area contributed by atoms with E-state index in [2.05, 4.69) is 0 Å². The van der Waals surface area contributed by atoms with Crippen molar-refractivity contribution < 1.29 is 19.0 Å². The highest BCUT2D eigenvalue weighted by atomic mass is 16.7. The van der Waals surface area contributed by atoms with Gasteiger partial charge in [-0.25, -0.2) is 0 Å². The molecule has 0 bridgehead atoms. The number of carbonyl (C=O) groups is 1. The van der Waals surface area contributed by atoms with Crippen molar-refractivity contribution >= 4 is 5.97 Å². The number of hydrogen-bond acceptors (Lipinski definition) is 4. The Bertz CT molecular complexity index is 533. The Balaban J connectivity index is 1.93. The SMILES string of the molecule is CCC1(C)Oc2ccc(C3(C(=O)OC)CC3)cc2O1. The van der Waals surface area contributed by atoms with E-state index < -0.39 is 11.2 Å². The van der Waals surface area contributed by atoms with Gasteiger partial charge in [0.1, 0.15) is 0 Å². The van der Waals surface area contributed by atoms with Crippen molar-refractivity contribution in [3.63, 3.8) is 0 Å². The van der Waals surface area contributed by atoms with Crippen LogP contribution in [0.2, 0.25) is 0 Å². The van der Waals surface area contributed by atoms with Crippen LogP contribution in [0, 0.1) is 0 Å². The van der Waals surface area contributed by atoms with E-state index in [1.807, 2.05) is 32.0 Å². The molecule has 1 heterocycles. The van der Waals surface area contributed by atoms with Crippen molar-refractivity contribution in [2.75, 3.05) is 7.11 Å². The van der Waals surface area contributed by atoms with Crippen LogP contribution in [0.3, 0.4) is 0 Å². The van der Waals surface area contributed by atoms with Gasteiger partial charge in [-0.05, 0) is 30.5 Å². The number of ether oxygens (including phenoxy) is 3. The van der Waals surface area contributed by atoms with Crippen LogP contribution in [0.25, 0.3) is 0 Å². The summed E-state index contributed by atoms with van der Waals surface area (Å²) < 4.78 is 16.5. The quantitative estimate of drug-likeness (QED) is 0.786. The molecular formula is C15H18O4. The summed E-state index contributed by atoms with van der Waals surface area (Å²) in [6, 6.07) is 5.74. The molecule has 1 aromatic rings. The summed E-state index contributed by atoms with van der Waals surface area (Å²) in [6.07, 6.45) is 2.44. The van der Waals surface area contributed by atoms with E-state index in [9.17, 15) is 4.79 Å². The first-order valence-corrected chi connectivity index (χ1v) is 6.64. The van der Waals surface area contributed by atoms with Gasteiger partial charge in [0.05, 0.1) is 12.5 Å². The lowest BCUT2D eigenvalue weighted by Gasteiger charge is -2.20. The van der Waals surface area contributed by atoms with E-state index in [0.717, 1.165) is 36.3 Å². The molecule has 1 aromatic carbocycles. The Kier molecular flexibility index (Phi) is 2.52. The summed E-state index contributed by atoms with van der Waals surface area (Å²) in [5.74, 6) is 0.707. The Morgan fingerprint density at radius 1 is 1.32 bits per heavy atom. The van der Waals surface area contributed by atoms with Gasteiger partial charge in [-0.2, -0.15) is 0 Å². The zero-order chi connectivity index (χ0) is 13.7. The number of benzene rings is 1. The maximum Gasteiger partial charge on any atom is 0.316 e. The highest BCUT2D eigenvalue weighted by molar-refractivity contribution is 5.86. The summed E-state index contributed by atoms with van der Waals surface area (Å²) in [7, 11) is 1.43. The van der Waals surface area contributed by atoms with Crippen LogP contribution in [0.15, 0.2) is 18.2 Å². The predicted octanol–water partition coefficient (Wildman–Crippen LogP) is 2.79. The monoisotopic (exact) mass is 262 g/mol. The molecular weight excluding hydrogens is 244 g/mol.